The van der Waals surface area contributed by atoms with Gasteiger partial charge in [-0.1, -0.05) is 0 Å². The predicted molar refractivity (Wildman–Crippen MR) is 14.3 cm³/mol. The van der Waals surface area contributed by atoms with Gasteiger partial charge in [0.05, 0.1) is 0 Å². The van der Waals surface area contributed by atoms with Crippen molar-refractivity contribution in [2.45, 2.75) is 0 Å². The molecule has 0 aliphatic heterocycles. The largest absolute Gasteiger partial charge is 3.00 e. The molecule has 6 heteroatoms. The second-order valence-electron chi connectivity index (χ2n) is 0.513. The molecule has 0 rings (SSSR count). The fourth-order valence-corrected chi connectivity index (χ4v) is 0. The van der Waals surface area contributed by atoms with E-state index in [9.17, 15) is 0 Å². The monoisotopic (exact) mass is 154 g/mol. The summed E-state index contributed by atoms with van der Waals surface area (Å²) in [6.07, 6.45) is 0. The van der Waals surface area contributed by atoms with Crippen LogP contribution in [0.3, 0.4) is 0 Å². The van der Waals surface area contributed by atoms with Crippen molar-refractivity contribution in [2.24, 2.45) is 0 Å². The Balaban J connectivity index is 0. The van der Waals surface area contributed by atoms with Crippen LogP contribution in [0, 0.1) is 0 Å². The molecule has 0 aliphatic rings. The van der Waals surface area contributed by atoms with Gasteiger partial charge < -0.3 is 14.7 Å². The molecule has 0 fully saturated rings. The summed E-state index contributed by atoms with van der Waals surface area (Å²) in [7, 11) is -4.64. The van der Waals surface area contributed by atoms with Gasteiger partial charge in [-0.05, 0) is 0 Å². The minimum Gasteiger partial charge on any atom is -0.303 e. The normalized spacial score (nSPS) is 9.83. The van der Waals surface area contributed by atoms with Crippen LogP contribution in [-0.4, -0.2) is 14.7 Å². The summed E-state index contributed by atoms with van der Waals surface area (Å²) in [4.78, 5) is 21.6. The van der Waals surface area contributed by atoms with Crippen molar-refractivity contribution < 1.29 is 36.3 Å². The van der Waals surface area contributed by atoms with E-state index in [4.69, 9.17) is 19.2 Å². The molecule has 0 aliphatic carbocycles. The van der Waals surface area contributed by atoms with Crippen molar-refractivity contribution in [1.29, 1.82) is 0 Å². The van der Waals surface area contributed by atoms with Gasteiger partial charge in [-0.3, -0.25) is 0 Å². The van der Waals surface area contributed by atoms with Crippen LogP contribution in [-0.2, 0) is 21.6 Å². The first-order chi connectivity index (χ1) is 2.00. The molecule has 4 nitrogen and oxygen atoms in total. The SMILES string of the molecule is O=P(O)(O)O.[Fe+3]. The molecule has 0 aromatic rings. The number of hydrogen-bond acceptors (Lipinski definition) is 1. The maximum absolute atomic E-state index is 8.88. The molecule has 6 heavy (non-hydrogen) atoms. The van der Waals surface area contributed by atoms with E-state index in [1.807, 2.05) is 0 Å². The molecule has 0 spiro atoms. The summed E-state index contributed by atoms with van der Waals surface area (Å²) in [6.45, 7) is 0. The topological polar surface area (TPSA) is 77.8 Å². The number of phosphoric acid groups is 1. The van der Waals surface area contributed by atoms with Crippen LogP contribution in [0.1, 0.15) is 0 Å². The van der Waals surface area contributed by atoms with Crippen molar-refractivity contribution in [1.82, 2.24) is 0 Å². The quantitative estimate of drug-likeness (QED) is 0.311. The Bertz CT molecular complexity index is 53.7. The minimum absolute atomic E-state index is 0. The second kappa shape index (κ2) is 2.75. The first-order valence-corrected chi connectivity index (χ1v) is 2.35. The summed E-state index contributed by atoms with van der Waals surface area (Å²) < 4.78 is 8.88. The fourth-order valence-electron chi connectivity index (χ4n) is 0. The zero-order valence-corrected chi connectivity index (χ0v) is 4.55. The molecule has 0 unspecified atom stereocenters. The molecular formula is H3FeO4P+3. The molecule has 0 bridgehead atoms. The van der Waals surface area contributed by atoms with E-state index in [0.29, 0.717) is 0 Å². The van der Waals surface area contributed by atoms with Crippen LogP contribution in [0.2, 0.25) is 0 Å². The van der Waals surface area contributed by atoms with Gasteiger partial charge in [0, 0.05) is 0 Å². The molecule has 0 aromatic heterocycles. The van der Waals surface area contributed by atoms with Gasteiger partial charge in [0.25, 0.3) is 0 Å². The van der Waals surface area contributed by atoms with E-state index in [1.54, 1.807) is 0 Å². The first-order valence-electron chi connectivity index (χ1n) is 0.783. The van der Waals surface area contributed by atoms with Gasteiger partial charge in [0.2, 0.25) is 0 Å². The third kappa shape index (κ3) is 154. The standard InChI is InChI=1S/Fe.H3O4P/c;1-5(2,3)4/h;(H3,1,2,3,4)/q+3;. The maximum Gasteiger partial charge on any atom is 3.00 e. The van der Waals surface area contributed by atoms with E-state index in [1.165, 1.54) is 0 Å². The summed E-state index contributed by atoms with van der Waals surface area (Å²) in [5, 5.41) is 0. The van der Waals surface area contributed by atoms with E-state index < -0.39 is 7.82 Å². The van der Waals surface area contributed by atoms with Crippen molar-refractivity contribution in [3.05, 3.63) is 0 Å². The Kier molecular flexibility index (Phi) is 4.49. The molecule has 0 amide bonds. The molecule has 1 radical (unpaired) electrons. The summed E-state index contributed by atoms with van der Waals surface area (Å²) in [5.41, 5.74) is 0. The van der Waals surface area contributed by atoms with Gasteiger partial charge in [0.1, 0.15) is 0 Å². The molecular weight excluding hydrogens is 151 g/mol. The number of hydrogen-bond donors (Lipinski definition) is 3. The second-order valence-corrected chi connectivity index (χ2v) is 1.54. The summed E-state index contributed by atoms with van der Waals surface area (Å²) in [6, 6.07) is 0. The molecule has 37 valence electrons. The van der Waals surface area contributed by atoms with Crippen LogP contribution >= 0.6 is 7.82 Å². The Morgan fingerprint density at radius 1 is 1.17 bits per heavy atom. The Labute approximate surface area is 44.9 Å². The average Bonchev–Trinajstić information content (AvgIpc) is 0.722. The molecule has 0 heterocycles. The molecule has 0 atom stereocenters. The molecule has 3 N–H and O–H groups in total. The van der Waals surface area contributed by atoms with Crippen LogP contribution in [0.4, 0.5) is 0 Å². The molecule has 0 aromatic carbocycles. The van der Waals surface area contributed by atoms with Gasteiger partial charge in [0.15, 0.2) is 0 Å². The third-order valence-corrected chi connectivity index (χ3v) is 0. The summed E-state index contributed by atoms with van der Waals surface area (Å²) in [5.74, 6) is 0. The molecule has 0 saturated heterocycles. The Morgan fingerprint density at radius 3 is 1.17 bits per heavy atom. The van der Waals surface area contributed by atoms with E-state index in [2.05, 4.69) is 0 Å². The zero-order valence-electron chi connectivity index (χ0n) is 2.55. The van der Waals surface area contributed by atoms with Crippen molar-refractivity contribution in [2.75, 3.05) is 0 Å². The van der Waals surface area contributed by atoms with Crippen LogP contribution < -0.4 is 0 Å². The van der Waals surface area contributed by atoms with Crippen molar-refractivity contribution >= 4 is 7.82 Å². The Hall–Kier alpha value is 0.629. The average molecular weight is 154 g/mol. The fraction of sp³-hybridized carbons (Fsp3) is 0. The zero-order chi connectivity index (χ0) is 4.50. The molecule has 0 saturated carbocycles. The van der Waals surface area contributed by atoms with Gasteiger partial charge >= 0.3 is 24.9 Å². The van der Waals surface area contributed by atoms with Gasteiger partial charge in [-0.15, -0.1) is 0 Å². The van der Waals surface area contributed by atoms with E-state index in [0.717, 1.165) is 0 Å². The minimum atomic E-state index is -4.64. The smallest absolute Gasteiger partial charge is 0.303 e. The van der Waals surface area contributed by atoms with Crippen molar-refractivity contribution in [3.8, 4) is 0 Å². The Morgan fingerprint density at radius 2 is 1.17 bits per heavy atom. The van der Waals surface area contributed by atoms with Gasteiger partial charge in [-0.2, -0.15) is 0 Å². The first kappa shape index (κ1) is 9.80. The van der Waals surface area contributed by atoms with Crippen LogP contribution in [0.15, 0.2) is 0 Å². The van der Waals surface area contributed by atoms with E-state index in [-0.39, 0.29) is 17.1 Å². The summed E-state index contributed by atoms with van der Waals surface area (Å²) >= 11 is 0. The van der Waals surface area contributed by atoms with E-state index >= 15 is 0 Å². The van der Waals surface area contributed by atoms with Gasteiger partial charge in [-0.25, -0.2) is 4.57 Å². The van der Waals surface area contributed by atoms with Crippen LogP contribution in [0.5, 0.6) is 0 Å². The predicted octanol–water partition coefficient (Wildman–Crippen LogP) is -0.931. The third-order valence-electron chi connectivity index (χ3n) is 0. The maximum atomic E-state index is 8.88. The van der Waals surface area contributed by atoms with Crippen molar-refractivity contribution in [3.63, 3.8) is 0 Å². The van der Waals surface area contributed by atoms with Crippen LogP contribution in [0.25, 0.3) is 0 Å². The number of rotatable bonds is 0.